The highest BCUT2D eigenvalue weighted by molar-refractivity contribution is 8.13. The molecule has 1 atom stereocenters. The zero-order valence-electron chi connectivity index (χ0n) is 11.3. The van der Waals surface area contributed by atoms with Crippen molar-refractivity contribution in [3.63, 3.8) is 0 Å². The predicted molar refractivity (Wildman–Crippen MR) is 72.8 cm³/mol. The summed E-state index contributed by atoms with van der Waals surface area (Å²) in [5.41, 5.74) is -0.738. The molecule has 0 fully saturated rings. The molecular weight excluding hydrogens is 328 g/mol. The fourth-order valence-corrected chi connectivity index (χ4v) is 2.28. The molecular formula is C12H14ClF2NO4S. The summed E-state index contributed by atoms with van der Waals surface area (Å²) in [5.74, 6) is -3.87. The number of amides is 1. The van der Waals surface area contributed by atoms with Gasteiger partial charge in [0.1, 0.15) is 0 Å². The fourth-order valence-electron chi connectivity index (χ4n) is 1.51. The molecule has 1 aromatic rings. The first-order chi connectivity index (χ1) is 9.66. The van der Waals surface area contributed by atoms with Crippen molar-refractivity contribution in [1.29, 1.82) is 0 Å². The Balaban J connectivity index is 3.06. The quantitative estimate of drug-likeness (QED) is 0.804. The van der Waals surface area contributed by atoms with E-state index in [0.717, 1.165) is 0 Å². The minimum absolute atomic E-state index is 0.180. The number of rotatable bonds is 6. The number of halogens is 3. The van der Waals surface area contributed by atoms with Crippen molar-refractivity contribution in [2.75, 3.05) is 13.2 Å². The van der Waals surface area contributed by atoms with Crippen LogP contribution in [0.2, 0.25) is 0 Å². The van der Waals surface area contributed by atoms with Gasteiger partial charge in [0.25, 0.3) is 15.0 Å². The maximum atomic E-state index is 13.6. The lowest BCUT2D eigenvalue weighted by molar-refractivity contribution is 0.0867. The number of ether oxygens (including phenoxy) is 1. The molecule has 0 spiro atoms. The predicted octanol–water partition coefficient (Wildman–Crippen LogP) is 2.05. The molecule has 1 amide bonds. The van der Waals surface area contributed by atoms with Gasteiger partial charge in [-0.15, -0.1) is 0 Å². The van der Waals surface area contributed by atoms with Crippen molar-refractivity contribution in [2.45, 2.75) is 24.8 Å². The van der Waals surface area contributed by atoms with Crippen LogP contribution >= 0.6 is 10.7 Å². The van der Waals surface area contributed by atoms with Crippen molar-refractivity contribution in [1.82, 2.24) is 5.32 Å². The summed E-state index contributed by atoms with van der Waals surface area (Å²) >= 11 is 0. The van der Waals surface area contributed by atoms with E-state index in [-0.39, 0.29) is 6.61 Å². The second-order valence-electron chi connectivity index (χ2n) is 4.24. The highest BCUT2D eigenvalue weighted by Crippen LogP contribution is 2.21. The average Bonchev–Trinajstić information content (AvgIpc) is 2.37. The maximum absolute atomic E-state index is 13.6. The zero-order chi connectivity index (χ0) is 16.2. The third-order valence-corrected chi connectivity index (χ3v) is 3.81. The lowest BCUT2D eigenvalue weighted by atomic mass is 10.2. The van der Waals surface area contributed by atoms with E-state index in [0.29, 0.717) is 18.7 Å². The molecule has 5 nitrogen and oxygen atoms in total. The molecule has 0 saturated heterocycles. The molecule has 9 heteroatoms. The van der Waals surface area contributed by atoms with E-state index in [2.05, 4.69) is 5.32 Å². The van der Waals surface area contributed by atoms with Crippen LogP contribution in [0.3, 0.4) is 0 Å². The van der Waals surface area contributed by atoms with Gasteiger partial charge in [0.05, 0.1) is 17.1 Å². The summed E-state index contributed by atoms with van der Waals surface area (Å²) < 4.78 is 54.4. The minimum Gasteiger partial charge on any atom is -0.380 e. The van der Waals surface area contributed by atoms with E-state index in [9.17, 15) is 22.0 Å². The highest BCUT2D eigenvalue weighted by Gasteiger charge is 2.22. The second kappa shape index (κ2) is 7.15. The lowest BCUT2D eigenvalue weighted by Crippen LogP contribution is -2.36. The Morgan fingerprint density at radius 2 is 2.05 bits per heavy atom. The fraction of sp³-hybridized carbons (Fsp3) is 0.417. The first-order valence-corrected chi connectivity index (χ1v) is 8.30. The highest BCUT2D eigenvalue weighted by atomic mass is 35.7. The first-order valence-electron chi connectivity index (χ1n) is 5.99. The summed E-state index contributed by atoms with van der Waals surface area (Å²) in [5, 5.41) is 2.37. The molecule has 0 aliphatic heterocycles. The standard InChI is InChI=1S/C12H14ClF2NO4S/c1-3-20-6-7(2)16-12(17)9-4-8(21(13,18)19)5-10(14)11(9)15/h4-5,7H,3,6H2,1-2H3,(H,16,17). The van der Waals surface area contributed by atoms with Gasteiger partial charge < -0.3 is 10.1 Å². The summed E-state index contributed by atoms with van der Waals surface area (Å²) in [4.78, 5) is 11.2. The van der Waals surface area contributed by atoms with E-state index in [1.165, 1.54) is 0 Å². The Morgan fingerprint density at radius 3 is 2.57 bits per heavy atom. The summed E-state index contributed by atoms with van der Waals surface area (Å²) in [7, 11) is 0.785. The molecule has 0 bridgehead atoms. The largest absolute Gasteiger partial charge is 0.380 e. The van der Waals surface area contributed by atoms with Crippen molar-refractivity contribution < 1.29 is 26.7 Å². The van der Waals surface area contributed by atoms with Crippen LogP contribution in [-0.2, 0) is 13.8 Å². The summed E-state index contributed by atoms with van der Waals surface area (Å²) in [6, 6.07) is 0.637. The Morgan fingerprint density at radius 1 is 1.43 bits per heavy atom. The molecule has 0 aliphatic rings. The number of hydrogen-bond donors (Lipinski definition) is 1. The van der Waals surface area contributed by atoms with Crippen molar-refractivity contribution >= 4 is 25.6 Å². The van der Waals surface area contributed by atoms with Gasteiger partial charge in [-0.1, -0.05) is 0 Å². The third kappa shape index (κ3) is 4.90. The summed E-state index contributed by atoms with van der Waals surface area (Å²) in [6.45, 7) is 3.98. The van der Waals surface area contributed by atoms with Crippen LogP contribution in [0, 0.1) is 11.6 Å². The number of carbonyl (C=O) groups is 1. The van der Waals surface area contributed by atoms with E-state index < -0.39 is 43.1 Å². The van der Waals surface area contributed by atoms with Gasteiger partial charge in [0.2, 0.25) is 0 Å². The van der Waals surface area contributed by atoms with Crippen LogP contribution in [0.5, 0.6) is 0 Å². The molecule has 0 radical (unpaired) electrons. The molecule has 118 valence electrons. The number of nitrogens with one attached hydrogen (secondary N) is 1. The van der Waals surface area contributed by atoms with Crippen LogP contribution in [0.1, 0.15) is 24.2 Å². The molecule has 1 rings (SSSR count). The molecule has 0 saturated carbocycles. The monoisotopic (exact) mass is 341 g/mol. The second-order valence-corrected chi connectivity index (χ2v) is 6.80. The van der Waals surface area contributed by atoms with Crippen LogP contribution in [0.15, 0.2) is 17.0 Å². The molecule has 1 unspecified atom stereocenters. The van der Waals surface area contributed by atoms with E-state index in [1.807, 2.05) is 0 Å². The molecule has 1 aromatic carbocycles. The topological polar surface area (TPSA) is 72.5 Å². The Kier molecular flexibility index (Phi) is 6.06. The molecule has 21 heavy (non-hydrogen) atoms. The number of benzene rings is 1. The van der Waals surface area contributed by atoms with Crippen LogP contribution < -0.4 is 5.32 Å². The van der Waals surface area contributed by atoms with Crippen molar-refractivity contribution in [2.24, 2.45) is 0 Å². The van der Waals surface area contributed by atoms with Crippen LogP contribution in [-0.4, -0.2) is 33.6 Å². The van der Waals surface area contributed by atoms with E-state index in [1.54, 1.807) is 13.8 Å². The van der Waals surface area contributed by atoms with Gasteiger partial charge in [-0.2, -0.15) is 0 Å². The smallest absolute Gasteiger partial charge is 0.261 e. The van der Waals surface area contributed by atoms with Gasteiger partial charge in [-0.05, 0) is 26.0 Å². The minimum atomic E-state index is -4.28. The van der Waals surface area contributed by atoms with Gasteiger partial charge in [-0.3, -0.25) is 4.79 Å². The van der Waals surface area contributed by atoms with E-state index >= 15 is 0 Å². The maximum Gasteiger partial charge on any atom is 0.261 e. The SMILES string of the molecule is CCOCC(C)NC(=O)c1cc(S(=O)(=O)Cl)cc(F)c1F. The molecule has 0 aromatic heterocycles. The van der Waals surface area contributed by atoms with E-state index in [4.69, 9.17) is 15.4 Å². The van der Waals surface area contributed by atoms with Crippen LogP contribution in [0.25, 0.3) is 0 Å². The Labute approximate surface area is 125 Å². The number of hydrogen-bond acceptors (Lipinski definition) is 4. The third-order valence-electron chi connectivity index (χ3n) is 2.48. The van der Waals surface area contributed by atoms with Crippen molar-refractivity contribution in [3.05, 3.63) is 29.3 Å². The van der Waals surface area contributed by atoms with Crippen molar-refractivity contribution in [3.8, 4) is 0 Å². The Hall–Kier alpha value is -1.25. The number of carbonyl (C=O) groups excluding carboxylic acids is 1. The van der Waals surface area contributed by atoms with Gasteiger partial charge >= 0.3 is 0 Å². The first kappa shape index (κ1) is 17.8. The van der Waals surface area contributed by atoms with Gasteiger partial charge in [0.15, 0.2) is 11.6 Å². The zero-order valence-corrected chi connectivity index (χ0v) is 12.9. The summed E-state index contributed by atoms with van der Waals surface area (Å²) in [6.07, 6.45) is 0. The molecule has 1 N–H and O–H groups in total. The van der Waals surface area contributed by atoms with Gasteiger partial charge in [0, 0.05) is 23.3 Å². The van der Waals surface area contributed by atoms with Gasteiger partial charge in [-0.25, -0.2) is 17.2 Å². The molecule has 0 heterocycles. The molecule has 0 aliphatic carbocycles. The average molecular weight is 342 g/mol. The Bertz CT molecular complexity index is 636. The normalized spacial score (nSPS) is 13.0. The van der Waals surface area contributed by atoms with Crippen LogP contribution in [0.4, 0.5) is 8.78 Å². The lowest BCUT2D eigenvalue weighted by Gasteiger charge is -2.14.